The SMILES string of the molecule is CCOCCCNC(C)C1CCCCC1. The average molecular weight is 213 g/mol. The summed E-state index contributed by atoms with van der Waals surface area (Å²) in [5, 5.41) is 3.63. The Bertz CT molecular complexity index is 143. The minimum atomic E-state index is 0.701. The van der Waals surface area contributed by atoms with Crippen molar-refractivity contribution in [2.75, 3.05) is 19.8 Å². The summed E-state index contributed by atoms with van der Waals surface area (Å²) in [7, 11) is 0. The first-order valence-corrected chi connectivity index (χ1v) is 6.65. The lowest BCUT2D eigenvalue weighted by atomic mass is 9.84. The van der Waals surface area contributed by atoms with Crippen molar-refractivity contribution in [1.82, 2.24) is 5.32 Å². The molecule has 1 rings (SSSR count). The van der Waals surface area contributed by atoms with Gasteiger partial charge >= 0.3 is 0 Å². The van der Waals surface area contributed by atoms with Crippen molar-refractivity contribution in [2.24, 2.45) is 5.92 Å². The van der Waals surface area contributed by atoms with Crippen LogP contribution in [0.4, 0.5) is 0 Å². The van der Waals surface area contributed by atoms with Crippen LogP contribution in [0.15, 0.2) is 0 Å². The molecule has 1 atom stereocenters. The number of rotatable bonds is 7. The van der Waals surface area contributed by atoms with Crippen LogP contribution in [-0.4, -0.2) is 25.8 Å². The third-order valence-corrected chi connectivity index (χ3v) is 3.49. The van der Waals surface area contributed by atoms with Crippen LogP contribution < -0.4 is 5.32 Å². The Balaban J connectivity index is 1.99. The maximum atomic E-state index is 5.32. The fourth-order valence-corrected chi connectivity index (χ4v) is 2.45. The topological polar surface area (TPSA) is 21.3 Å². The van der Waals surface area contributed by atoms with E-state index in [9.17, 15) is 0 Å². The Morgan fingerprint density at radius 3 is 2.67 bits per heavy atom. The molecule has 0 spiro atoms. The van der Waals surface area contributed by atoms with Crippen LogP contribution in [-0.2, 0) is 4.74 Å². The molecule has 1 saturated carbocycles. The highest BCUT2D eigenvalue weighted by Crippen LogP contribution is 2.26. The van der Waals surface area contributed by atoms with Crippen LogP contribution in [0.3, 0.4) is 0 Å². The molecule has 0 bridgehead atoms. The van der Waals surface area contributed by atoms with Crippen molar-refractivity contribution in [3.8, 4) is 0 Å². The lowest BCUT2D eigenvalue weighted by Crippen LogP contribution is -2.35. The maximum Gasteiger partial charge on any atom is 0.0477 e. The predicted octanol–water partition coefficient (Wildman–Crippen LogP) is 2.97. The molecule has 1 fully saturated rings. The second-order valence-corrected chi connectivity index (χ2v) is 4.69. The van der Waals surface area contributed by atoms with Crippen LogP contribution in [0.5, 0.6) is 0 Å². The summed E-state index contributed by atoms with van der Waals surface area (Å²) in [5.74, 6) is 0.922. The molecule has 0 heterocycles. The highest BCUT2D eigenvalue weighted by atomic mass is 16.5. The molecule has 0 aromatic heterocycles. The lowest BCUT2D eigenvalue weighted by Gasteiger charge is -2.28. The number of hydrogen-bond acceptors (Lipinski definition) is 2. The Morgan fingerprint density at radius 1 is 1.27 bits per heavy atom. The monoisotopic (exact) mass is 213 g/mol. The quantitative estimate of drug-likeness (QED) is 0.656. The van der Waals surface area contributed by atoms with Gasteiger partial charge in [0.05, 0.1) is 0 Å². The molecule has 0 saturated heterocycles. The van der Waals surface area contributed by atoms with Gasteiger partial charge in [-0.1, -0.05) is 19.3 Å². The molecule has 0 aromatic carbocycles. The maximum absolute atomic E-state index is 5.32. The smallest absolute Gasteiger partial charge is 0.0477 e. The third-order valence-electron chi connectivity index (χ3n) is 3.49. The van der Waals surface area contributed by atoms with Crippen LogP contribution in [0.2, 0.25) is 0 Å². The van der Waals surface area contributed by atoms with Crippen molar-refractivity contribution in [3.63, 3.8) is 0 Å². The molecule has 0 aliphatic heterocycles. The Labute approximate surface area is 94.8 Å². The summed E-state index contributed by atoms with van der Waals surface area (Å²) in [5.41, 5.74) is 0. The second kappa shape index (κ2) is 8.12. The Hall–Kier alpha value is -0.0800. The third kappa shape index (κ3) is 5.53. The van der Waals surface area contributed by atoms with Crippen LogP contribution in [0.1, 0.15) is 52.4 Å². The molecule has 90 valence electrons. The zero-order valence-corrected chi connectivity index (χ0v) is 10.4. The molecule has 15 heavy (non-hydrogen) atoms. The highest BCUT2D eigenvalue weighted by Gasteiger charge is 2.18. The molecule has 1 N–H and O–H groups in total. The summed E-state index contributed by atoms with van der Waals surface area (Å²) in [6.07, 6.45) is 8.34. The van der Waals surface area contributed by atoms with Gasteiger partial charge in [-0.25, -0.2) is 0 Å². The molecule has 2 heteroatoms. The van der Waals surface area contributed by atoms with Gasteiger partial charge in [0.1, 0.15) is 0 Å². The first-order chi connectivity index (χ1) is 7.34. The van der Waals surface area contributed by atoms with Crippen molar-refractivity contribution >= 4 is 0 Å². The predicted molar refractivity (Wildman–Crippen MR) is 65.1 cm³/mol. The molecule has 1 unspecified atom stereocenters. The van der Waals surface area contributed by atoms with Gasteiger partial charge in [0.2, 0.25) is 0 Å². The van der Waals surface area contributed by atoms with E-state index in [1.165, 1.54) is 32.1 Å². The van der Waals surface area contributed by atoms with Crippen molar-refractivity contribution < 1.29 is 4.74 Å². The average Bonchev–Trinajstić information content (AvgIpc) is 2.30. The number of ether oxygens (including phenoxy) is 1. The second-order valence-electron chi connectivity index (χ2n) is 4.69. The van der Waals surface area contributed by atoms with Crippen LogP contribution in [0.25, 0.3) is 0 Å². The standard InChI is InChI=1S/C13H27NO/c1-3-15-11-7-10-14-12(2)13-8-5-4-6-9-13/h12-14H,3-11H2,1-2H3. The van der Waals surface area contributed by atoms with Gasteiger partial charge in [-0.15, -0.1) is 0 Å². The summed E-state index contributed by atoms with van der Waals surface area (Å²) < 4.78 is 5.32. The largest absolute Gasteiger partial charge is 0.382 e. The molecule has 2 nitrogen and oxygen atoms in total. The van der Waals surface area contributed by atoms with Gasteiger partial charge < -0.3 is 10.1 Å². The van der Waals surface area contributed by atoms with Gasteiger partial charge in [0, 0.05) is 19.3 Å². The van der Waals surface area contributed by atoms with E-state index in [1.807, 2.05) is 0 Å². The fraction of sp³-hybridized carbons (Fsp3) is 1.00. The van der Waals surface area contributed by atoms with Gasteiger partial charge in [0.15, 0.2) is 0 Å². The van der Waals surface area contributed by atoms with E-state index in [0.29, 0.717) is 6.04 Å². The van der Waals surface area contributed by atoms with Crippen LogP contribution >= 0.6 is 0 Å². The minimum absolute atomic E-state index is 0.701. The zero-order valence-electron chi connectivity index (χ0n) is 10.4. The van der Waals surface area contributed by atoms with E-state index >= 15 is 0 Å². The summed E-state index contributed by atoms with van der Waals surface area (Å²) in [6, 6.07) is 0.701. The van der Waals surface area contributed by atoms with E-state index < -0.39 is 0 Å². The van der Waals surface area contributed by atoms with Crippen molar-refractivity contribution in [3.05, 3.63) is 0 Å². The normalized spacial score (nSPS) is 20.4. The molecule has 0 amide bonds. The molecule has 1 aliphatic carbocycles. The fourth-order valence-electron chi connectivity index (χ4n) is 2.45. The van der Waals surface area contributed by atoms with Gasteiger partial charge in [0.25, 0.3) is 0 Å². The van der Waals surface area contributed by atoms with E-state index in [-0.39, 0.29) is 0 Å². The molecule has 0 radical (unpaired) electrons. The van der Waals surface area contributed by atoms with Gasteiger partial charge in [-0.05, 0) is 45.6 Å². The van der Waals surface area contributed by atoms with E-state index in [2.05, 4.69) is 19.2 Å². The molecule has 0 aromatic rings. The first kappa shape index (κ1) is 13.0. The van der Waals surface area contributed by atoms with Crippen molar-refractivity contribution in [2.45, 2.75) is 58.4 Å². The summed E-state index contributed by atoms with van der Waals surface area (Å²) in [6.45, 7) is 7.26. The highest BCUT2D eigenvalue weighted by molar-refractivity contribution is 4.75. The molecular weight excluding hydrogens is 186 g/mol. The van der Waals surface area contributed by atoms with Crippen molar-refractivity contribution in [1.29, 1.82) is 0 Å². The summed E-state index contributed by atoms with van der Waals surface area (Å²) >= 11 is 0. The van der Waals surface area contributed by atoms with E-state index in [1.54, 1.807) is 0 Å². The van der Waals surface area contributed by atoms with E-state index in [0.717, 1.165) is 32.1 Å². The number of nitrogens with one attached hydrogen (secondary N) is 1. The Morgan fingerprint density at radius 2 is 2.00 bits per heavy atom. The zero-order chi connectivity index (χ0) is 10.9. The molecular formula is C13H27NO. The lowest BCUT2D eigenvalue weighted by molar-refractivity contribution is 0.143. The number of hydrogen-bond donors (Lipinski definition) is 1. The van der Waals surface area contributed by atoms with Gasteiger partial charge in [-0.2, -0.15) is 0 Å². The minimum Gasteiger partial charge on any atom is -0.382 e. The summed E-state index contributed by atoms with van der Waals surface area (Å²) in [4.78, 5) is 0. The van der Waals surface area contributed by atoms with E-state index in [4.69, 9.17) is 4.74 Å². The Kier molecular flexibility index (Phi) is 7.03. The van der Waals surface area contributed by atoms with Crippen LogP contribution in [0, 0.1) is 5.92 Å². The van der Waals surface area contributed by atoms with Gasteiger partial charge in [-0.3, -0.25) is 0 Å². The molecule has 1 aliphatic rings. The first-order valence-electron chi connectivity index (χ1n) is 6.65.